The fourth-order valence-corrected chi connectivity index (χ4v) is 3.80. The summed E-state index contributed by atoms with van der Waals surface area (Å²) in [7, 11) is -3.92. The summed E-state index contributed by atoms with van der Waals surface area (Å²) < 4.78 is 40.6. The molecule has 0 unspecified atom stereocenters. The molecule has 0 aliphatic carbocycles. The molecule has 8 heteroatoms. The molecule has 0 heterocycles. The first-order valence-electron chi connectivity index (χ1n) is 5.70. The third-order valence-corrected chi connectivity index (χ3v) is 5.32. The van der Waals surface area contributed by atoms with Gasteiger partial charge in [-0.1, -0.05) is 17.7 Å². The Morgan fingerprint density at radius 2 is 1.95 bits per heavy atom. The quantitative estimate of drug-likeness (QED) is 0.833. The van der Waals surface area contributed by atoms with E-state index in [1.54, 1.807) is 6.07 Å². The van der Waals surface area contributed by atoms with Crippen molar-refractivity contribution in [3.8, 4) is 0 Å². The highest BCUT2D eigenvalue weighted by Gasteiger charge is 2.19. The van der Waals surface area contributed by atoms with Crippen LogP contribution < -0.4 is 4.72 Å². The molecule has 2 aromatic carbocycles. The van der Waals surface area contributed by atoms with E-state index in [0.29, 0.717) is 10.0 Å². The monoisotopic (exact) mass is 393 g/mol. The molecule has 0 saturated heterocycles. The molecule has 0 saturated carbocycles. The largest absolute Gasteiger partial charge is 0.392 e. The molecule has 21 heavy (non-hydrogen) atoms. The zero-order chi connectivity index (χ0) is 15.6. The van der Waals surface area contributed by atoms with Crippen LogP contribution in [0.1, 0.15) is 5.56 Å². The first kappa shape index (κ1) is 16.2. The van der Waals surface area contributed by atoms with Crippen molar-refractivity contribution in [1.29, 1.82) is 0 Å². The SMILES string of the molecule is O=S(=O)(Nc1ccc(Cl)c(F)c1)c1cc(CO)ccc1Br. The first-order valence-corrected chi connectivity index (χ1v) is 8.36. The third kappa shape index (κ3) is 3.74. The molecule has 0 aliphatic heterocycles. The van der Waals surface area contributed by atoms with Crippen LogP contribution in [0.5, 0.6) is 0 Å². The molecule has 0 amide bonds. The Bertz CT molecular complexity index is 783. The number of hydrogen-bond acceptors (Lipinski definition) is 3. The fraction of sp³-hybridized carbons (Fsp3) is 0.0769. The Balaban J connectivity index is 2.40. The van der Waals surface area contributed by atoms with E-state index >= 15 is 0 Å². The number of hydrogen-bond donors (Lipinski definition) is 2. The van der Waals surface area contributed by atoms with Crippen molar-refractivity contribution < 1.29 is 17.9 Å². The van der Waals surface area contributed by atoms with Crippen LogP contribution in [-0.2, 0) is 16.6 Å². The van der Waals surface area contributed by atoms with Gasteiger partial charge in [0.25, 0.3) is 10.0 Å². The van der Waals surface area contributed by atoms with Gasteiger partial charge in [-0.2, -0.15) is 0 Å². The molecule has 2 N–H and O–H groups in total. The van der Waals surface area contributed by atoms with Crippen molar-refractivity contribution in [2.75, 3.05) is 4.72 Å². The van der Waals surface area contributed by atoms with E-state index in [4.69, 9.17) is 16.7 Å². The van der Waals surface area contributed by atoms with Crippen molar-refractivity contribution in [2.45, 2.75) is 11.5 Å². The van der Waals surface area contributed by atoms with Crippen molar-refractivity contribution in [1.82, 2.24) is 0 Å². The van der Waals surface area contributed by atoms with Crippen LogP contribution in [0.3, 0.4) is 0 Å². The van der Waals surface area contributed by atoms with Crippen LogP contribution in [0, 0.1) is 5.82 Å². The molecule has 0 aliphatic rings. The number of rotatable bonds is 4. The number of benzene rings is 2. The molecule has 0 radical (unpaired) electrons. The molecule has 0 fully saturated rings. The highest BCUT2D eigenvalue weighted by atomic mass is 79.9. The molecular formula is C13H10BrClFNO3S. The summed E-state index contributed by atoms with van der Waals surface area (Å²) in [6.07, 6.45) is 0. The number of anilines is 1. The van der Waals surface area contributed by atoms with Crippen LogP contribution in [-0.4, -0.2) is 13.5 Å². The van der Waals surface area contributed by atoms with Gasteiger partial charge in [0.2, 0.25) is 0 Å². The third-order valence-electron chi connectivity index (χ3n) is 2.64. The zero-order valence-electron chi connectivity index (χ0n) is 10.5. The number of nitrogens with one attached hydrogen (secondary N) is 1. The maximum Gasteiger partial charge on any atom is 0.263 e. The molecule has 2 rings (SSSR count). The van der Waals surface area contributed by atoms with Gasteiger partial charge in [0.15, 0.2) is 0 Å². The minimum atomic E-state index is -3.92. The van der Waals surface area contributed by atoms with Crippen molar-refractivity contribution in [2.24, 2.45) is 0 Å². The Labute approximate surface area is 134 Å². The highest BCUT2D eigenvalue weighted by molar-refractivity contribution is 9.10. The lowest BCUT2D eigenvalue weighted by Gasteiger charge is -2.11. The molecule has 0 aromatic heterocycles. The number of aliphatic hydroxyl groups is 1. The Kier molecular flexibility index (Phi) is 4.88. The maximum absolute atomic E-state index is 13.3. The number of aliphatic hydroxyl groups excluding tert-OH is 1. The molecule has 2 aromatic rings. The predicted octanol–water partition coefficient (Wildman–Crippen LogP) is 3.53. The van der Waals surface area contributed by atoms with Gasteiger partial charge in [0, 0.05) is 4.47 Å². The topological polar surface area (TPSA) is 66.4 Å². The predicted molar refractivity (Wildman–Crippen MR) is 82.3 cm³/mol. The van der Waals surface area contributed by atoms with Crippen molar-refractivity contribution in [3.05, 3.63) is 57.3 Å². The molecule has 0 atom stereocenters. The first-order chi connectivity index (χ1) is 9.83. The zero-order valence-corrected chi connectivity index (χ0v) is 13.6. The summed E-state index contributed by atoms with van der Waals surface area (Å²) in [5, 5.41) is 8.98. The van der Waals surface area contributed by atoms with E-state index in [9.17, 15) is 12.8 Å². The summed E-state index contributed by atoms with van der Waals surface area (Å²) in [5.41, 5.74) is 0.499. The van der Waals surface area contributed by atoms with Gasteiger partial charge in [0.1, 0.15) is 10.7 Å². The lowest BCUT2D eigenvalue weighted by molar-refractivity contribution is 0.281. The molecule has 4 nitrogen and oxygen atoms in total. The highest BCUT2D eigenvalue weighted by Crippen LogP contribution is 2.26. The minimum absolute atomic E-state index is 0.0515. The van der Waals surface area contributed by atoms with Crippen LogP contribution in [0.15, 0.2) is 45.8 Å². The Morgan fingerprint density at radius 1 is 1.24 bits per heavy atom. The summed E-state index contributed by atoms with van der Waals surface area (Å²) in [5.74, 6) is -0.722. The summed E-state index contributed by atoms with van der Waals surface area (Å²) in [4.78, 5) is -0.0515. The van der Waals surface area contributed by atoms with Gasteiger partial charge < -0.3 is 5.11 Å². The maximum atomic E-state index is 13.3. The molecule has 0 bridgehead atoms. The smallest absolute Gasteiger partial charge is 0.263 e. The second-order valence-corrected chi connectivity index (χ2v) is 7.07. The van der Waals surface area contributed by atoms with Crippen LogP contribution >= 0.6 is 27.5 Å². The van der Waals surface area contributed by atoms with Gasteiger partial charge in [0.05, 0.1) is 17.3 Å². The van der Waals surface area contributed by atoms with Crippen molar-refractivity contribution in [3.63, 3.8) is 0 Å². The number of halogens is 3. The number of sulfonamides is 1. The average molecular weight is 395 g/mol. The summed E-state index contributed by atoms with van der Waals surface area (Å²) >= 11 is 8.69. The van der Waals surface area contributed by atoms with E-state index < -0.39 is 15.8 Å². The Hall–Kier alpha value is -1.15. The van der Waals surface area contributed by atoms with Crippen LogP contribution in [0.25, 0.3) is 0 Å². The van der Waals surface area contributed by atoms with E-state index in [0.717, 1.165) is 6.07 Å². The van der Waals surface area contributed by atoms with Gasteiger partial charge in [-0.15, -0.1) is 0 Å². The summed E-state index contributed by atoms with van der Waals surface area (Å²) in [6.45, 7) is -0.286. The van der Waals surface area contributed by atoms with Gasteiger partial charge in [-0.25, -0.2) is 12.8 Å². The average Bonchev–Trinajstić information content (AvgIpc) is 2.43. The van der Waals surface area contributed by atoms with Crippen LogP contribution in [0.2, 0.25) is 5.02 Å². The lowest BCUT2D eigenvalue weighted by Crippen LogP contribution is -2.14. The van der Waals surface area contributed by atoms with Crippen molar-refractivity contribution >= 4 is 43.2 Å². The standard InChI is InChI=1S/C13H10BrClFNO3S/c14-10-3-1-8(7-18)5-13(10)21(19,20)17-9-2-4-11(15)12(16)6-9/h1-6,17-18H,7H2. The van der Waals surface area contributed by atoms with E-state index in [1.807, 2.05) is 0 Å². The van der Waals surface area contributed by atoms with Gasteiger partial charge >= 0.3 is 0 Å². The lowest BCUT2D eigenvalue weighted by atomic mass is 10.2. The fourth-order valence-electron chi connectivity index (χ4n) is 1.62. The second-order valence-electron chi connectivity index (χ2n) is 4.16. The van der Waals surface area contributed by atoms with E-state index in [2.05, 4.69) is 20.7 Å². The Morgan fingerprint density at radius 3 is 2.57 bits per heavy atom. The molecular weight excluding hydrogens is 385 g/mol. The minimum Gasteiger partial charge on any atom is -0.392 e. The van der Waals surface area contributed by atoms with Crippen LogP contribution in [0.4, 0.5) is 10.1 Å². The van der Waals surface area contributed by atoms with Gasteiger partial charge in [-0.05, 0) is 51.8 Å². The molecule has 0 spiro atoms. The van der Waals surface area contributed by atoms with Gasteiger partial charge in [-0.3, -0.25) is 4.72 Å². The normalized spacial score (nSPS) is 11.4. The van der Waals surface area contributed by atoms with E-state index in [-0.39, 0.29) is 22.2 Å². The second kappa shape index (κ2) is 6.31. The summed E-state index contributed by atoms with van der Waals surface area (Å²) in [6, 6.07) is 8.04. The van der Waals surface area contributed by atoms with E-state index in [1.165, 1.54) is 24.3 Å². The molecule has 112 valence electrons.